The molecule has 6 rings (SSSR count). The Morgan fingerprint density at radius 3 is 2.49 bits per heavy atom. The first-order valence-electron chi connectivity index (χ1n) is 15.4. The maximum Gasteiger partial charge on any atom is 0.410 e. The van der Waals surface area contributed by atoms with Crippen LogP contribution in [0.4, 0.5) is 15.0 Å². The quantitative estimate of drug-likeness (QED) is 0.301. The number of nitrogens with one attached hydrogen (secondary N) is 1. The Kier molecular flexibility index (Phi) is 8.15. The minimum absolute atomic E-state index is 0.0855. The summed E-state index contributed by atoms with van der Waals surface area (Å²) in [4.78, 5) is 43.6. The molecule has 1 aliphatic carbocycles. The van der Waals surface area contributed by atoms with Gasteiger partial charge in [0.05, 0.1) is 39.6 Å². The highest BCUT2D eigenvalue weighted by molar-refractivity contribution is 7.90. The molecular formula is C34H37FN6O5S. The van der Waals surface area contributed by atoms with E-state index in [1.165, 1.54) is 18.2 Å². The van der Waals surface area contributed by atoms with Crippen molar-refractivity contribution in [3.8, 4) is 11.4 Å². The molecule has 11 nitrogen and oxygen atoms in total. The number of pyridine rings is 3. The first-order chi connectivity index (χ1) is 22.1. The van der Waals surface area contributed by atoms with Gasteiger partial charge < -0.3 is 15.0 Å². The molecule has 47 heavy (non-hydrogen) atoms. The van der Waals surface area contributed by atoms with Crippen molar-refractivity contribution in [3.63, 3.8) is 0 Å². The van der Waals surface area contributed by atoms with Gasteiger partial charge >= 0.3 is 6.09 Å². The minimum atomic E-state index is -3.48. The predicted octanol–water partition coefficient (Wildman–Crippen LogP) is 5.06. The van der Waals surface area contributed by atoms with Crippen molar-refractivity contribution in [2.45, 2.75) is 63.1 Å². The van der Waals surface area contributed by atoms with E-state index in [2.05, 4.69) is 10.3 Å². The first-order valence-corrected chi connectivity index (χ1v) is 17.3. The highest BCUT2D eigenvalue weighted by Crippen LogP contribution is 2.45. The van der Waals surface area contributed by atoms with Crippen molar-refractivity contribution >= 4 is 38.6 Å². The molecular weight excluding hydrogens is 623 g/mol. The molecule has 0 atom stereocenters. The molecule has 1 spiro atoms. The van der Waals surface area contributed by atoms with Crippen LogP contribution in [0.5, 0.6) is 0 Å². The number of halogens is 1. The zero-order chi connectivity index (χ0) is 33.7. The average molecular weight is 661 g/mol. The Balaban J connectivity index is 1.19. The van der Waals surface area contributed by atoms with Gasteiger partial charge in [0.15, 0.2) is 9.84 Å². The molecule has 246 valence electrons. The number of piperazine rings is 1. The lowest BCUT2D eigenvalue weighted by atomic mass is 10.1. The molecule has 0 unspecified atom stereocenters. The molecule has 1 saturated carbocycles. The van der Waals surface area contributed by atoms with Crippen LogP contribution in [0.15, 0.2) is 59.6 Å². The highest BCUT2D eigenvalue weighted by Gasteiger charge is 2.54. The number of hydrogen-bond donors (Lipinski definition) is 1. The standard InChI is InChI=1S/C34H37FN6O5S/c1-21-6-7-22(14-29(21)47(5,44)45)31(42)37-19-25-17-27-23(18-36-25)8-9-26(38-27)28-15-24(35)16-30(39-28)40-12-13-41(34(20-40)10-11-34)32(43)46-33(2,3)4/h6-9,14-18H,10-13,19-20H2,1-5H3,(H,37,42). The van der Waals surface area contributed by atoms with E-state index < -0.39 is 27.2 Å². The fraction of sp³-hybridized carbons (Fsp3) is 0.382. The Labute approximate surface area is 273 Å². The molecule has 3 aromatic heterocycles. The van der Waals surface area contributed by atoms with Gasteiger partial charge in [0.1, 0.15) is 17.2 Å². The van der Waals surface area contributed by atoms with Crippen LogP contribution in [-0.2, 0) is 21.1 Å². The van der Waals surface area contributed by atoms with Gasteiger partial charge in [0.25, 0.3) is 5.91 Å². The number of carbonyl (C=O) groups excluding carboxylic acids is 2. The predicted molar refractivity (Wildman–Crippen MR) is 175 cm³/mol. The van der Waals surface area contributed by atoms with E-state index in [4.69, 9.17) is 14.7 Å². The summed E-state index contributed by atoms with van der Waals surface area (Å²) in [6, 6.07) is 12.6. The van der Waals surface area contributed by atoms with Crippen molar-refractivity contribution in [3.05, 3.63) is 77.4 Å². The lowest BCUT2D eigenvalue weighted by Gasteiger charge is -2.42. The lowest BCUT2D eigenvalue weighted by molar-refractivity contribution is 0.0106. The fourth-order valence-corrected chi connectivity index (χ4v) is 6.83. The monoisotopic (exact) mass is 660 g/mol. The lowest BCUT2D eigenvalue weighted by Crippen LogP contribution is -2.58. The number of rotatable bonds is 6. The molecule has 1 aromatic carbocycles. The number of fused-ring (bicyclic) bond motifs is 1. The molecule has 1 aliphatic heterocycles. The molecule has 2 amide bonds. The molecule has 1 saturated heterocycles. The van der Waals surface area contributed by atoms with E-state index in [9.17, 15) is 18.0 Å². The number of carbonyl (C=O) groups is 2. The van der Waals surface area contributed by atoms with Crippen molar-refractivity contribution in [2.24, 2.45) is 0 Å². The van der Waals surface area contributed by atoms with Gasteiger partial charge in [-0.05, 0) is 76.4 Å². The van der Waals surface area contributed by atoms with Gasteiger partial charge in [-0.2, -0.15) is 0 Å². The third-order valence-corrected chi connectivity index (χ3v) is 9.60. The summed E-state index contributed by atoms with van der Waals surface area (Å²) in [6.45, 7) is 8.78. The number of benzene rings is 1. The average Bonchev–Trinajstić information content (AvgIpc) is 3.76. The van der Waals surface area contributed by atoms with Crippen molar-refractivity contribution in [2.75, 3.05) is 30.8 Å². The zero-order valence-corrected chi connectivity index (χ0v) is 27.8. The number of sulfone groups is 1. The van der Waals surface area contributed by atoms with E-state index in [1.54, 1.807) is 37.4 Å². The van der Waals surface area contributed by atoms with Crippen LogP contribution >= 0.6 is 0 Å². The van der Waals surface area contributed by atoms with Gasteiger partial charge in [0.2, 0.25) is 0 Å². The second-order valence-corrected chi connectivity index (χ2v) is 15.3. The van der Waals surface area contributed by atoms with E-state index >= 15 is 4.39 Å². The SMILES string of the molecule is Cc1ccc(C(=O)NCc2cc3nc(-c4cc(F)cc(N5CCN(C(=O)OC(C)(C)C)C6(CC6)C5)n4)ccc3cn2)cc1S(C)(=O)=O. The van der Waals surface area contributed by atoms with Crippen LogP contribution in [0.3, 0.4) is 0 Å². The maximum absolute atomic E-state index is 15.0. The molecule has 0 radical (unpaired) electrons. The number of aromatic nitrogens is 3. The van der Waals surface area contributed by atoms with E-state index in [1.807, 2.05) is 36.6 Å². The second-order valence-electron chi connectivity index (χ2n) is 13.3. The smallest absolute Gasteiger partial charge is 0.410 e. The maximum atomic E-state index is 15.0. The van der Waals surface area contributed by atoms with Crippen molar-refractivity contribution in [1.29, 1.82) is 0 Å². The molecule has 13 heteroatoms. The summed E-state index contributed by atoms with van der Waals surface area (Å²) in [5, 5.41) is 3.54. The van der Waals surface area contributed by atoms with Crippen LogP contribution < -0.4 is 10.2 Å². The number of amides is 2. The van der Waals surface area contributed by atoms with Gasteiger partial charge in [-0.3, -0.25) is 14.7 Å². The van der Waals surface area contributed by atoms with Gasteiger partial charge in [-0.15, -0.1) is 0 Å². The number of hydrogen-bond acceptors (Lipinski definition) is 9. The van der Waals surface area contributed by atoms with Gasteiger partial charge in [0, 0.05) is 55.2 Å². The molecule has 0 bridgehead atoms. The number of aryl methyl sites for hydroxylation is 1. The topological polar surface area (TPSA) is 135 Å². The van der Waals surface area contributed by atoms with Gasteiger partial charge in [-0.25, -0.2) is 27.6 Å². The first kappa shape index (κ1) is 32.3. The third kappa shape index (κ3) is 7.04. The largest absolute Gasteiger partial charge is 0.444 e. The van der Waals surface area contributed by atoms with E-state index in [0.29, 0.717) is 53.6 Å². The molecule has 2 fully saturated rings. The van der Waals surface area contributed by atoms with Crippen LogP contribution in [0.25, 0.3) is 22.3 Å². The normalized spacial score (nSPS) is 16.0. The van der Waals surface area contributed by atoms with Crippen LogP contribution in [0, 0.1) is 12.7 Å². The minimum Gasteiger partial charge on any atom is -0.444 e. The number of ether oxygens (including phenoxy) is 1. The summed E-state index contributed by atoms with van der Waals surface area (Å²) < 4.78 is 44.8. The summed E-state index contributed by atoms with van der Waals surface area (Å²) >= 11 is 0. The van der Waals surface area contributed by atoms with Crippen LogP contribution in [0.1, 0.15) is 55.2 Å². The number of anilines is 1. The van der Waals surface area contributed by atoms with E-state index in [0.717, 1.165) is 24.5 Å². The highest BCUT2D eigenvalue weighted by atomic mass is 32.2. The molecule has 4 aromatic rings. The Bertz CT molecular complexity index is 2010. The van der Waals surface area contributed by atoms with Gasteiger partial charge in [-0.1, -0.05) is 6.07 Å². The molecule has 1 N–H and O–H groups in total. The summed E-state index contributed by atoms with van der Waals surface area (Å²) in [6.07, 6.45) is 4.12. The summed E-state index contributed by atoms with van der Waals surface area (Å²) in [5.74, 6) is -0.403. The summed E-state index contributed by atoms with van der Waals surface area (Å²) in [7, 11) is -3.48. The van der Waals surface area contributed by atoms with Crippen LogP contribution in [-0.4, -0.2) is 77.3 Å². The Hall–Kier alpha value is -4.65. The van der Waals surface area contributed by atoms with Crippen molar-refractivity contribution < 1.29 is 27.1 Å². The summed E-state index contributed by atoms with van der Waals surface area (Å²) in [5.41, 5.74) is 1.83. The van der Waals surface area contributed by atoms with E-state index in [-0.39, 0.29) is 28.6 Å². The molecule has 2 aliphatic rings. The Morgan fingerprint density at radius 1 is 1.02 bits per heavy atom. The van der Waals surface area contributed by atoms with Crippen molar-refractivity contribution in [1.82, 2.24) is 25.2 Å². The Morgan fingerprint density at radius 2 is 1.79 bits per heavy atom. The molecule has 4 heterocycles. The zero-order valence-electron chi connectivity index (χ0n) is 27.0. The second kappa shape index (κ2) is 11.9. The van der Waals surface area contributed by atoms with Crippen LogP contribution in [0.2, 0.25) is 0 Å². The third-order valence-electron chi connectivity index (χ3n) is 8.37. The fourth-order valence-electron chi connectivity index (χ4n) is 5.84. The number of nitrogens with zero attached hydrogens (tertiary/aromatic N) is 5.